The summed E-state index contributed by atoms with van der Waals surface area (Å²) >= 11 is 0. The predicted octanol–water partition coefficient (Wildman–Crippen LogP) is 6.10. The predicted molar refractivity (Wildman–Crippen MR) is 107 cm³/mol. The van der Waals surface area contributed by atoms with Crippen molar-refractivity contribution in [1.29, 1.82) is 0 Å². The molecular formula is C21H15F7O3S2. The second-order valence-corrected chi connectivity index (χ2v) is 9.74. The molecule has 3 nitrogen and oxygen atoms in total. The molecule has 33 heavy (non-hydrogen) atoms. The molecule has 178 valence electrons. The van der Waals surface area contributed by atoms with Gasteiger partial charge in [0, 0.05) is 0 Å². The zero-order valence-corrected chi connectivity index (χ0v) is 18.0. The molecule has 0 radical (unpaired) electrons. The van der Waals surface area contributed by atoms with E-state index >= 15 is 0 Å². The van der Waals surface area contributed by atoms with E-state index in [1.165, 1.54) is 14.7 Å². The number of benzene rings is 3. The number of hydrogen-bond acceptors (Lipinski definition) is 3. The van der Waals surface area contributed by atoms with Crippen LogP contribution < -0.4 is 0 Å². The molecule has 0 N–H and O–H groups in total. The SMILES string of the molecule is O=S(=O)([O-])C(F)(F)C(F)(F)C(F)(F)F.c1ccc([S+](c2ccccc2)c2ccccc2)cc1. The zero-order valence-electron chi connectivity index (χ0n) is 16.3. The number of halogens is 7. The van der Waals surface area contributed by atoms with Gasteiger partial charge >= 0.3 is 17.4 Å². The quantitative estimate of drug-likeness (QED) is 0.236. The monoisotopic (exact) mass is 512 g/mol. The Morgan fingerprint density at radius 1 is 0.576 bits per heavy atom. The average molecular weight is 512 g/mol. The van der Waals surface area contributed by atoms with E-state index in [-0.39, 0.29) is 10.9 Å². The van der Waals surface area contributed by atoms with Crippen molar-refractivity contribution in [2.45, 2.75) is 32.0 Å². The summed E-state index contributed by atoms with van der Waals surface area (Å²) in [6, 6.07) is 32.2. The van der Waals surface area contributed by atoms with Gasteiger partial charge in [-0.1, -0.05) is 54.6 Å². The van der Waals surface area contributed by atoms with Gasteiger partial charge in [-0.2, -0.15) is 30.7 Å². The van der Waals surface area contributed by atoms with Crippen LogP contribution in [0.2, 0.25) is 0 Å². The van der Waals surface area contributed by atoms with Crippen molar-refractivity contribution in [2.75, 3.05) is 0 Å². The molecule has 0 spiro atoms. The molecule has 3 aromatic carbocycles. The molecule has 3 rings (SSSR count). The van der Waals surface area contributed by atoms with Gasteiger partial charge in [0.05, 0.1) is 10.9 Å². The third kappa shape index (κ3) is 6.06. The smallest absolute Gasteiger partial charge is 0.461 e. The fraction of sp³-hybridized carbons (Fsp3) is 0.143. The third-order valence-electron chi connectivity index (χ3n) is 3.97. The fourth-order valence-corrected chi connectivity index (χ4v) is 4.93. The second kappa shape index (κ2) is 10.1. The Labute approximate surface area is 188 Å². The molecule has 0 aromatic heterocycles. The van der Waals surface area contributed by atoms with Crippen LogP contribution in [-0.4, -0.2) is 30.3 Å². The van der Waals surface area contributed by atoms with Gasteiger partial charge in [0.2, 0.25) is 0 Å². The van der Waals surface area contributed by atoms with Crippen LogP contribution in [0.1, 0.15) is 0 Å². The minimum atomic E-state index is -7.10. The summed E-state index contributed by atoms with van der Waals surface area (Å²) in [5.74, 6) is -6.92. The Hall–Kier alpha value is -2.57. The van der Waals surface area contributed by atoms with E-state index in [2.05, 4.69) is 91.0 Å². The molecule has 0 fully saturated rings. The van der Waals surface area contributed by atoms with Gasteiger partial charge in [-0.25, -0.2) is 8.42 Å². The van der Waals surface area contributed by atoms with E-state index in [1.54, 1.807) is 0 Å². The largest absolute Gasteiger partial charge is 0.743 e. The van der Waals surface area contributed by atoms with Crippen molar-refractivity contribution in [3.63, 3.8) is 0 Å². The van der Waals surface area contributed by atoms with Crippen molar-refractivity contribution in [2.24, 2.45) is 0 Å². The fourth-order valence-electron chi connectivity index (χ4n) is 2.40. The molecule has 0 aliphatic carbocycles. The van der Waals surface area contributed by atoms with Crippen LogP contribution in [0, 0.1) is 0 Å². The first-order chi connectivity index (χ1) is 15.2. The Kier molecular flexibility index (Phi) is 8.20. The van der Waals surface area contributed by atoms with Crippen LogP contribution >= 0.6 is 0 Å². The van der Waals surface area contributed by atoms with Crippen LogP contribution in [0.25, 0.3) is 0 Å². The van der Waals surface area contributed by atoms with Crippen molar-refractivity contribution in [3.8, 4) is 0 Å². The maximum atomic E-state index is 11.8. The molecular weight excluding hydrogens is 497 g/mol. The molecule has 0 atom stereocenters. The Morgan fingerprint density at radius 2 is 0.848 bits per heavy atom. The Morgan fingerprint density at radius 3 is 1.03 bits per heavy atom. The zero-order chi connectivity index (χ0) is 24.9. The second-order valence-electron chi connectivity index (χ2n) is 6.29. The molecule has 0 bridgehead atoms. The highest BCUT2D eigenvalue weighted by molar-refractivity contribution is 7.97. The third-order valence-corrected chi connectivity index (χ3v) is 7.09. The summed E-state index contributed by atoms with van der Waals surface area (Å²) < 4.78 is 109. The van der Waals surface area contributed by atoms with Gasteiger partial charge in [-0.05, 0) is 36.4 Å². The topological polar surface area (TPSA) is 57.2 Å². The van der Waals surface area contributed by atoms with Crippen LogP contribution in [0.15, 0.2) is 106 Å². The normalized spacial score (nSPS) is 12.8. The molecule has 0 saturated carbocycles. The number of rotatable bonds is 5. The Balaban J connectivity index is 0.000000248. The summed E-state index contributed by atoms with van der Waals surface area (Å²) in [7, 11) is -7.11. The van der Waals surface area contributed by atoms with E-state index < -0.39 is 27.5 Å². The molecule has 0 saturated heterocycles. The lowest BCUT2D eigenvalue weighted by molar-refractivity contribution is -0.333. The van der Waals surface area contributed by atoms with E-state index in [0.29, 0.717) is 0 Å². The summed E-state index contributed by atoms with van der Waals surface area (Å²) in [6.45, 7) is 0. The van der Waals surface area contributed by atoms with Crippen molar-refractivity contribution in [3.05, 3.63) is 91.0 Å². The molecule has 0 heterocycles. The van der Waals surface area contributed by atoms with Crippen LogP contribution in [0.4, 0.5) is 30.7 Å². The number of hydrogen-bond donors (Lipinski definition) is 0. The average Bonchev–Trinajstić information content (AvgIpc) is 2.75. The highest BCUT2D eigenvalue weighted by Gasteiger charge is 2.76. The van der Waals surface area contributed by atoms with Crippen molar-refractivity contribution < 1.29 is 43.7 Å². The van der Waals surface area contributed by atoms with Gasteiger partial charge in [0.1, 0.15) is 0 Å². The van der Waals surface area contributed by atoms with Gasteiger partial charge < -0.3 is 4.55 Å². The van der Waals surface area contributed by atoms with Crippen LogP contribution in [0.3, 0.4) is 0 Å². The van der Waals surface area contributed by atoms with E-state index in [1.807, 2.05) is 0 Å². The lowest BCUT2D eigenvalue weighted by atomic mass is 10.3. The van der Waals surface area contributed by atoms with Crippen LogP contribution in [0.5, 0.6) is 0 Å². The summed E-state index contributed by atoms with van der Waals surface area (Å²) in [6.07, 6.45) is -6.83. The van der Waals surface area contributed by atoms with Crippen molar-refractivity contribution in [1.82, 2.24) is 0 Å². The van der Waals surface area contributed by atoms with Crippen molar-refractivity contribution >= 4 is 21.0 Å². The highest BCUT2D eigenvalue weighted by atomic mass is 32.2. The Bertz CT molecular complexity index is 1030. The summed E-state index contributed by atoms with van der Waals surface area (Å²) in [5, 5.41) is -6.72. The molecule has 0 aliphatic heterocycles. The van der Waals surface area contributed by atoms with Gasteiger partial charge in [-0.3, -0.25) is 0 Å². The molecule has 0 amide bonds. The van der Waals surface area contributed by atoms with E-state index in [9.17, 15) is 43.7 Å². The minimum absolute atomic E-state index is 0.0146. The van der Waals surface area contributed by atoms with E-state index in [0.717, 1.165) is 0 Å². The maximum absolute atomic E-state index is 11.8. The summed E-state index contributed by atoms with van der Waals surface area (Å²) in [5.41, 5.74) is 0. The first-order valence-corrected chi connectivity index (χ1v) is 11.5. The highest BCUT2D eigenvalue weighted by Crippen LogP contribution is 2.48. The summed E-state index contributed by atoms with van der Waals surface area (Å²) in [4.78, 5) is 4.08. The van der Waals surface area contributed by atoms with Crippen LogP contribution in [-0.2, 0) is 21.0 Å². The molecule has 0 unspecified atom stereocenters. The van der Waals surface area contributed by atoms with Gasteiger partial charge in [0.15, 0.2) is 24.8 Å². The maximum Gasteiger partial charge on any atom is 0.461 e. The standard InChI is InChI=1S/C18H15S.C3HF7O3S/c1-4-10-16(11-5-1)19(17-12-6-2-7-13-17)18-14-8-3-9-15-18;4-1(5,2(6,7)8)3(9,10)14(11,12)13/h1-15H;(H,11,12,13)/q+1;/p-1. The first-order valence-electron chi connectivity index (χ1n) is 8.87. The lowest BCUT2D eigenvalue weighted by Crippen LogP contribution is -2.55. The van der Waals surface area contributed by atoms with Gasteiger partial charge in [0.25, 0.3) is 0 Å². The first kappa shape index (κ1) is 26.7. The molecule has 3 aromatic rings. The van der Waals surface area contributed by atoms with E-state index in [4.69, 9.17) is 0 Å². The van der Waals surface area contributed by atoms with Gasteiger partial charge in [-0.15, -0.1) is 0 Å². The minimum Gasteiger partial charge on any atom is -0.743 e. The molecule has 12 heteroatoms. The molecule has 0 aliphatic rings. The lowest BCUT2D eigenvalue weighted by Gasteiger charge is -2.29. The number of alkyl halides is 7.